The van der Waals surface area contributed by atoms with Crippen LogP contribution in [-0.2, 0) is 0 Å². The quantitative estimate of drug-likeness (QED) is 0.637. The zero-order valence-electron chi connectivity index (χ0n) is 7.52. The Hall–Kier alpha value is -0.300. The molecule has 0 saturated carbocycles. The van der Waals surface area contributed by atoms with Crippen molar-refractivity contribution in [3.05, 3.63) is 36.0 Å². The number of allylic oxidation sites excluding steroid dienone is 5. The van der Waals surface area contributed by atoms with Gasteiger partial charge in [-0.3, -0.25) is 0 Å². The second-order valence-electron chi connectivity index (χ2n) is 3.12. The van der Waals surface area contributed by atoms with Crippen molar-refractivity contribution in [2.75, 3.05) is 0 Å². The summed E-state index contributed by atoms with van der Waals surface area (Å²) in [4.78, 5) is 0.500. The van der Waals surface area contributed by atoms with Gasteiger partial charge in [-0.1, -0.05) is 60.5 Å². The van der Waals surface area contributed by atoms with E-state index in [-0.39, 0.29) is 0 Å². The number of unbranched alkanes of at least 4 members (excludes halogenated alkanes) is 1. The van der Waals surface area contributed by atoms with Crippen molar-refractivity contribution >= 4 is 15.9 Å². The fraction of sp³-hybridized carbons (Fsp3) is 0.455. The molecule has 0 bridgehead atoms. The Kier molecular flexibility index (Phi) is 3.80. The van der Waals surface area contributed by atoms with Gasteiger partial charge >= 0.3 is 0 Å². The number of rotatable bonds is 4. The third kappa shape index (κ3) is 2.34. The van der Waals surface area contributed by atoms with Crippen LogP contribution in [0.5, 0.6) is 0 Å². The van der Waals surface area contributed by atoms with Gasteiger partial charge in [0.2, 0.25) is 0 Å². The van der Waals surface area contributed by atoms with Gasteiger partial charge in [-0.25, -0.2) is 0 Å². The van der Waals surface area contributed by atoms with Crippen LogP contribution in [0.4, 0.5) is 0 Å². The summed E-state index contributed by atoms with van der Waals surface area (Å²) in [6.07, 6.45) is 10.0. The molecule has 0 spiro atoms. The van der Waals surface area contributed by atoms with Gasteiger partial charge < -0.3 is 0 Å². The first-order valence-electron chi connectivity index (χ1n) is 4.47. The summed E-state index contributed by atoms with van der Waals surface area (Å²) in [6.45, 7) is 6.20. The summed E-state index contributed by atoms with van der Waals surface area (Å²) < 4.78 is 0. The van der Waals surface area contributed by atoms with Gasteiger partial charge in [0.25, 0.3) is 0 Å². The van der Waals surface area contributed by atoms with Crippen LogP contribution in [0.25, 0.3) is 0 Å². The predicted molar refractivity (Wildman–Crippen MR) is 58.6 cm³/mol. The van der Waals surface area contributed by atoms with Crippen molar-refractivity contribution in [1.29, 1.82) is 0 Å². The van der Waals surface area contributed by atoms with Crippen molar-refractivity contribution in [2.45, 2.75) is 31.0 Å². The molecule has 66 valence electrons. The van der Waals surface area contributed by atoms with Crippen LogP contribution in [-0.4, -0.2) is 4.83 Å². The van der Waals surface area contributed by atoms with Crippen LogP contribution in [0.2, 0.25) is 0 Å². The second kappa shape index (κ2) is 4.66. The van der Waals surface area contributed by atoms with E-state index in [1.807, 2.05) is 0 Å². The zero-order chi connectivity index (χ0) is 8.97. The summed E-state index contributed by atoms with van der Waals surface area (Å²) in [6, 6.07) is 0. The maximum absolute atomic E-state index is 3.98. The largest absolute Gasteiger partial charge is 0.0914 e. The van der Waals surface area contributed by atoms with Crippen molar-refractivity contribution in [3.63, 3.8) is 0 Å². The monoisotopic (exact) mass is 226 g/mol. The van der Waals surface area contributed by atoms with E-state index in [2.05, 4.69) is 47.7 Å². The van der Waals surface area contributed by atoms with Crippen LogP contribution >= 0.6 is 15.9 Å². The summed E-state index contributed by atoms with van der Waals surface area (Å²) >= 11 is 3.68. The van der Waals surface area contributed by atoms with Crippen LogP contribution in [0, 0.1) is 0 Å². The third-order valence-electron chi connectivity index (χ3n) is 2.09. The highest BCUT2D eigenvalue weighted by atomic mass is 79.9. The fourth-order valence-corrected chi connectivity index (χ4v) is 2.09. The van der Waals surface area contributed by atoms with Crippen molar-refractivity contribution in [1.82, 2.24) is 0 Å². The van der Waals surface area contributed by atoms with E-state index in [1.165, 1.54) is 24.8 Å². The van der Waals surface area contributed by atoms with Gasteiger partial charge in [0.15, 0.2) is 0 Å². The minimum Gasteiger partial charge on any atom is -0.0914 e. The van der Waals surface area contributed by atoms with E-state index in [4.69, 9.17) is 0 Å². The Morgan fingerprint density at radius 3 is 2.83 bits per heavy atom. The molecule has 0 fully saturated rings. The maximum Gasteiger partial charge on any atom is 0.0401 e. The zero-order valence-corrected chi connectivity index (χ0v) is 9.10. The van der Waals surface area contributed by atoms with Crippen molar-refractivity contribution in [2.24, 2.45) is 0 Å². The molecule has 0 nitrogen and oxygen atoms in total. The molecule has 0 aromatic rings. The summed E-state index contributed by atoms with van der Waals surface area (Å²) in [5.41, 5.74) is 2.51. The lowest BCUT2D eigenvalue weighted by molar-refractivity contribution is 0.733. The Morgan fingerprint density at radius 2 is 2.33 bits per heavy atom. The molecule has 1 aliphatic rings. The fourth-order valence-electron chi connectivity index (χ4n) is 1.32. The second-order valence-corrected chi connectivity index (χ2v) is 4.22. The van der Waals surface area contributed by atoms with E-state index in [0.29, 0.717) is 4.83 Å². The molecule has 0 aromatic heterocycles. The Morgan fingerprint density at radius 1 is 1.58 bits per heavy atom. The maximum atomic E-state index is 3.98. The normalized spacial score (nSPS) is 18.2. The van der Waals surface area contributed by atoms with Crippen molar-refractivity contribution in [3.8, 4) is 0 Å². The molecule has 0 amide bonds. The Labute approximate surface area is 83.2 Å². The van der Waals surface area contributed by atoms with Gasteiger partial charge in [-0.15, -0.1) is 0 Å². The highest BCUT2D eigenvalue weighted by Gasteiger charge is 2.13. The topological polar surface area (TPSA) is 0 Å². The third-order valence-corrected chi connectivity index (χ3v) is 3.04. The highest BCUT2D eigenvalue weighted by Crippen LogP contribution is 2.28. The standard InChI is InChI=1S/C11H15Br/c1-3-4-8-11(12)10-7-5-6-9(10)2/h5-7,11H,2-4,8H2,1H3. The average Bonchev–Trinajstić information content (AvgIpc) is 2.47. The molecule has 1 rings (SSSR count). The van der Waals surface area contributed by atoms with E-state index in [0.717, 1.165) is 5.57 Å². The molecule has 0 heterocycles. The van der Waals surface area contributed by atoms with E-state index >= 15 is 0 Å². The van der Waals surface area contributed by atoms with E-state index in [9.17, 15) is 0 Å². The number of alkyl halides is 1. The van der Waals surface area contributed by atoms with Gasteiger partial charge in [-0.05, 0) is 17.6 Å². The summed E-state index contributed by atoms with van der Waals surface area (Å²) in [5.74, 6) is 0. The summed E-state index contributed by atoms with van der Waals surface area (Å²) in [7, 11) is 0. The van der Waals surface area contributed by atoms with Crippen LogP contribution in [0.3, 0.4) is 0 Å². The average molecular weight is 227 g/mol. The molecular formula is C11H15Br. The van der Waals surface area contributed by atoms with Crippen LogP contribution in [0.15, 0.2) is 36.0 Å². The van der Waals surface area contributed by atoms with Gasteiger partial charge in [-0.2, -0.15) is 0 Å². The van der Waals surface area contributed by atoms with Gasteiger partial charge in [0.1, 0.15) is 0 Å². The van der Waals surface area contributed by atoms with E-state index in [1.54, 1.807) is 0 Å². The number of hydrogen-bond acceptors (Lipinski definition) is 0. The molecule has 0 radical (unpaired) electrons. The smallest absolute Gasteiger partial charge is 0.0401 e. The lowest BCUT2D eigenvalue weighted by Gasteiger charge is -2.11. The lowest BCUT2D eigenvalue weighted by Crippen LogP contribution is -2.01. The molecule has 12 heavy (non-hydrogen) atoms. The first kappa shape index (κ1) is 9.79. The van der Waals surface area contributed by atoms with Crippen LogP contribution < -0.4 is 0 Å². The number of halogens is 1. The molecular weight excluding hydrogens is 212 g/mol. The minimum absolute atomic E-state index is 0.500. The van der Waals surface area contributed by atoms with Gasteiger partial charge in [0, 0.05) is 4.83 Å². The molecule has 1 aliphatic carbocycles. The molecule has 0 saturated heterocycles. The molecule has 0 aromatic carbocycles. The van der Waals surface area contributed by atoms with E-state index < -0.39 is 0 Å². The SMILES string of the molecule is C=C1C=CC=C1C(Br)CCCC. The minimum atomic E-state index is 0.500. The molecule has 0 N–H and O–H groups in total. The molecule has 1 unspecified atom stereocenters. The molecule has 0 aliphatic heterocycles. The van der Waals surface area contributed by atoms with Crippen molar-refractivity contribution < 1.29 is 0 Å². The molecule has 1 atom stereocenters. The predicted octanol–water partition coefficient (Wildman–Crippen LogP) is 3.99. The highest BCUT2D eigenvalue weighted by molar-refractivity contribution is 9.09. The summed E-state index contributed by atoms with van der Waals surface area (Å²) in [5, 5.41) is 0. The molecule has 1 heteroatoms. The van der Waals surface area contributed by atoms with Crippen LogP contribution in [0.1, 0.15) is 26.2 Å². The first-order chi connectivity index (χ1) is 5.75. The Balaban J connectivity index is 2.43. The Bertz CT molecular complexity index is 223. The lowest BCUT2D eigenvalue weighted by atomic mass is 10.0. The van der Waals surface area contributed by atoms with Gasteiger partial charge in [0.05, 0.1) is 0 Å². The first-order valence-corrected chi connectivity index (χ1v) is 5.39. The number of hydrogen-bond donors (Lipinski definition) is 0.